The van der Waals surface area contributed by atoms with Gasteiger partial charge in [0.2, 0.25) is 7.37 Å². The van der Waals surface area contributed by atoms with E-state index in [9.17, 15) is 9.46 Å². The summed E-state index contributed by atoms with van der Waals surface area (Å²) >= 11 is 0. The molecule has 0 amide bonds. The molecule has 0 radical (unpaired) electrons. The summed E-state index contributed by atoms with van der Waals surface area (Å²) in [4.78, 5) is 10.2. The average Bonchev–Trinajstić information content (AvgIpc) is 2.35. The Balaban J connectivity index is 2.55. The van der Waals surface area contributed by atoms with Crippen molar-refractivity contribution in [2.75, 3.05) is 0 Å². The molecule has 0 aliphatic rings. The van der Waals surface area contributed by atoms with E-state index < -0.39 is 7.37 Å². The first-order valence-corrected chi connectivity index (χ1v) is 8.20. The standard InChI is InChI=1S/C14H23O2P/c1-3-4-5-7-10-13(2)17(15,16)14-11-8-6-9-12-14/h6,8-9,11-13H,3-5,7,10H2,1-2H3,(H,15,16)/t13-/m0/s1. The Hall–Kier alpha value is -0.590. The first kappa shape index (κ1) is 14.5. The number of hydrogen-bond acceptors (Lipinski definition) is 1. The van der Waals surface area contributed by atoms with Gasteiger partial charge in [0.1, 0.15) is 0 Å². The average molecular weight is 254 g/mol. The van der Waals surface area contributed by atoms with Crippen molar-refractivity contribution in [1.29, 1.82) is 0 Å². The molecule has 0 saturated carbocycles. The third kappa shape index (κ3) is 4.29. The Morgan fingerprint density at radius 1 is 1.18 bits per heavy atom. The fraction of sp³-hybridized carbons (Fsp3) is 0.571. The third-order valence-electron chi connectivity index (χ3n) is 3.20. The lowest BCUT2D eigenvalue weighted by Gasteiger charge is -2.19. The second-order valence-corrected chi connectivity index (χ2v) is 7.30. The van der Waals surface area contributed by atoms with E-state index in [0.29, 0.717) is 5.30 Å². The zero-order valence-electron chi connectivity index (χ0n) is 10.8. The minimum Gasteiger partial charge on any atom is -0.341 e. The fourth-order valence-corrected chi connectivity index (χ4v) is 3.58. The van der Waals surface area contributed by atoms with E-state index in [1.807, 2.05) is 25.1 Å². The molecule has 0 aliphatic heterocycles. The van der Waals surface area contributed by atoms with Crippen LogP contribution in [0.25, 0.3) is 0 Å². The Bertz CT molecular complexity index is 362. The van der Waals surface area contributed by atoms with Crippen molar-refractivity contribution in [2.45, 2.75) is 51.6 Å². The minimum atomic E-state index is -3.18. The first-order valence-electron chi connectivity index (χ1n) is 6.47. The summed E-state index contributed by atoms with van der Waals surface area (Å²) in [6.07, 6.45) is 5.46. The summed E-state index contributed by atoms with van der Waals surface area (Å²) in [6.45, 7) is 4.06. The van der Waals surface area contributed by atoms with Crippen LogP contribution in [0.2, 0.25) is 0 Å². The van der Waals surface area contributed by atoms with Crippen molar-refractivity contribution in [3.05, 3.63) is 30.3 Å². The summed E-state index contributed by atoms with van der Waals surface area (Å²) in [6, 6.07) is 9.02. The molecule has 1 aromatic rings. The van der Waals surface area contributed by atoms with Gasteiger partial charge in [-0.1, -0.05) is 57.7 Å². The van der Waals surface area contributed by atoms with E-state index in [1.165, 1.54) is 12.8 Å². The number of unbranched alkanes of at least 4 members (excludes halogenated alkanes) is 3. The molecule has 0 spiro atoms. The van der Waals surface area contributed by atoms with Gasteiger partial charge in [0.05, 0.1) is 0 Å². The maximum Gasteiger partial charge on any atom is 0.232 e. The van der Waals surface area contributed by atoms with Gasteiger partial charge in [-0.15, -0.1) is 0 Å². The molecule has 96 valence electrons. The van der Waals surface area contributed by atoms with E-state index in [0.717, 1.165) is 19.3 Å². The van der Waals surface area contributed by atoms with Crippen LogP contribution in [-0.4, -0.2) is 10.6 Å². The molecule has 0 heterocycles. The van der Waals surface area contributed by atoms with Crippen molar-refractivity contribution >= 4 is 12.7 Å². The summed E-state index contributed by atoms with van der Waals surface area (Å²) in [5, 5.41) is 0.586. The lowest BCUT2D eigenvalue weighted by Crippen LogP contribution is -2.14. The molecule has 0 aromatic heterocycles. The van der Waals surface area contributed by atoms with Crippen LogP contribution in [0.4, 0.5) is 0 Å². The lowest BCUT2D eigenvalue weighted by atomic mass is 10.1. The van der Waals surface area contributed by atoms with Crippen LogP contribution >= 0.6 is 7.37 Å². The summed E-state index contributed by atoms with van der Waals surface area (Å²) in [5.74, 6) is 0. The zero-order chi connectivity index (χ0) is 12.7. The van der Waals surface area contributed by atoms with Gasteiger partial charge in [-0.25, -0.2) is 0 Å². The number of benzene rings is 1. The molecule has 17 heavy (non-hydrogen) atoms. The van der Waals surface area contributed by atoms with Crippen LogP contribution in [0, 0.1) is 0 Å². The predicted octanol–water partition coefficient (Wildman–Crippen LogP) is 3.94. The second-order valence-electron chi connectivity index (χ2n) is 4.66. The Morgan fingerprint density at radius 3 is 2.41 bits per heavy atom. The number of hydrogen-bond donors (Lipinski definition) is 1. The molecule has 0 aliphatic carbocycles. The van der Waals surface area contributed by atoms with E-state index in [4.69, 9.17) is 0 Å². The van der Waals surface area contributed by atoms with Crippen LogP contribution in [-0.2, 0) is 4.57 Å². The first-order chi connectivity index (χ1) is 8.09. The van der Waals surface area contributed by atoms with E-state index in [1.54, 1.807) is 12.1 Å². The molecule has 1 unspecified atom stereocenters. The second kappa shape index (κ2) is 6.98. The monoisotopic (exact) mass is 254 g/mol. The molecule has 2 atom stereocenters. The molecule has 0 saturated heterocycles. The normalized spacial score (nSPS) is 16.4. The van der Waals surface area contributed by atoms with Crippen molar-refractivity contribution in [1.82, 2.24) is 0 Å². The van der Waals surface area contributed by atoms with Crippen molar-refractivity contribution in [3.63, 3.8) is 0 Å². The van der Waals surface area contributed by atoms with Crippen molar-refractivity contribution < 1.29 is 9.46 Å². The molecule has 0 fully saturated rings. The van der Waals surface area contributed by atoms with Gasteiger partial charge >= 0.3 is 0 Å². The van der Waals surface area contributed by atoms with Gasteiger partial charge in [0.25, 0.3) is 0 Å². The van der Waals surface area contributed by atoms with Crippen LogP contribution in [0.1, 0.15) is 46.0 Å². The predicted molar refractivity (Wildman–Crippen MR) is 74.1 cm³/mol. The minimum absolute atomic E-state index is 0.137. The molecule has 3 heteroatoms. The van der Waals surface area contributed by atoms with E-state index >= 15 is 0 Å². The van der Waals surface area contributed by atoms with E-state index in [-0.39, 0.29) is 5.66 Å². The van der Waals surface area contributed by atoms with Gasteiger partial charge in [-0.2, -0.15) is 0 Å². The van der Waals surface area contributed by atoms with Gasteiger partial charge in [-0.3, -0.25) is 4.57 Å². The Kier molecular flexibility index (Phi) is 5.94. The lowest BCUT2D eigenvalue weighted by molar-refractivity contribution is 0.469. The SMILES string of the molecule is CCCCCC[C@H](C)P(=O)(O)c1ccccc1. The summed E-state index contributed by atoms with van der Waals surface area (Å²) in [7, 11) is -3.18. The highest BCUT2D eigenvalue weighted by Crippen LogP contribution is 2.46. The smallest absolute Gasteiger partial charge is 0.232 e. The highest BCUT2D eigenvalue weighted by atomic mass is 31.2. The summed E-state index contributed by atoms with van der Waals surface area (Å²) in [5.41, 5.74) is -0.137. The molecule has 0 bridgehead atoms. The topological polar surface area (TPSA) is 37.3 Å². The Morgan fingerprint density at radius 2 is 1.82 bits per heavy atom. The number of rotatable bonds is 7. The van der Waals surface area contributed by atoms with Crippen LogP contribution < -0.4 is 5.30 Å². The fourth-order valence-electron chi connectivity index (χ4n) is 1.94. The molecule has 1 N–H and O–H groups in total. The zero-order valence-corrected chi connectivity index (χ0v) is 11.7. The van der Waals surface area contributed by atoms with Gasteiger partial charge < -0.3 is 4.89 Å². The van der Waals surface area contributed by atoms with Crippen molar-refractivity contribution in [2.24, 2.45) is 0 Å². The van der Waals surface area contributed by atoms with Gasteiger partial charge in [0, 0.05) is 11.0 Å². The maximum atomic E-state index is 12.3. The largest absolute Gasteiger partial charge is 0.341 e. The van der Waals surface area contributed by atoms with Crippen molar-refractivity contribution in [3.8, 4) is 0 Å². The molecule has 1 rings (SSSR count). The van der Waals surface area contributed by atoms with Crippen LogP contribution in [0.5, 0.6) is 0 Å². The molecular weight excluding hydrogens is 231 g/mol. The molecular formula is C14H23O2P. The molecule has 1 aromatic carbocycles. The summed E-state index contributed by atoms with van der Waals surface area (Å²) < 4.78 is 12.3. The van der Waals surface area contributed by atoms with E-state index in [2.05, 4.69) is 6.92 Å². The van der Waals surface area contributed by atoms with Gasteiger partial charge in [-0.05, 0) is 18.6 Å². The molecule has 2 nitrogen and oxygen atoms in total. The third-order valence-corrected chi connectivity index (χ3v) is 5.69. The highest BCUT2D eigenvalue weighted by Gasteiger charge is 2.28. The Labute approximate surface area is 105 Å². The quantitative estimate of drug-likeness (QED) is 0.591. The van der Waals surface area contributed by atoms with Gasteiger partial charge in [0.15, 0.2) is 0 Å². The maximum absolute atomic E-state index is 12.3. The van der Waals surface area contributed by atoms with Crippen LogP contribution in [0.15, 0.2) is 30.3 Å². The highest BCUT2D eigenvalue weighted by molar-refractivity contribution is 7.66. The van der Waals surface area contributed by atoms with Crippen LogP contribution in [0.3, 0.4) is 0 Å².